The van der Waals surface area contributed by atoms with E-state index in [2.05, 4.69) is 0 Å². The van der Waals surface area contributed by atoms with Crippen LogP contribution in [0, 0.1) is 0 Å². The number of carbonyl (C=O) groups is 2. The molecule has 2 aliphatic rings. The summed E-state index contributed by atoms with van der Waals surface area (Å²) in [5, 5.41) is 0. The summed E-state index contributed by atoms with van der Waals surface area (Å²) in [5.41, 5.74) is 2.73. The largest absolute Gasteiger partial charge is 0.497 e. The molecule has 6 aromatic carbocycles. The van der Waals surface area contributed by atoms with Gasteiger partial charge in [-0.15, -0.1) is 0 Å². The van der Waals surface area contributed by atoms with Gasteiger partial charge in [0.1, 0.15) is 22.3 Å². The van der Waals surface area contributed by atoms with E-state index in [0.717, 1.165) is 33.6 Å². The molecule has 0 aromatic heterocycles. The van der Waals surface area contributed by atoms with Crippen LogP contribution in [0.1, 0.15) is 22.3 Å². The van der Waals surface area contributed by atoms with Crippen molar-refractivity contribution < 1.29 is 19.1 Å². The van der Waals surface area contributed by atoms with Crippen molar-refractivity contribution >= 4 is 34.6 Å². The molecule has 0 spiro atoms. The molecule has 0 bridgehead atoms. The predicted molar refractivity (Wildman–Crippen MR) is 188 cm³/mol. The van der Waals surface area contributed by atoms with Crippen molar-refractivity contribution in [1.82, 2.24) is 0 Å². The second kappa shape index (κ2) is 11.3. The Balaban J connectivity index is 1.51. The number of amides is 2. The number of methoxy groups -OCH3 is 2. The predicted octanol–water partition coefficient (Wildman–Crippen LogP) is 8.33. The Kier molecular flexibility index (Phi) is 6.88. The molecule has 0 N–H and O–H groups in total. The summed E-state index contributed by atoms with van der Waals surface area (Å²) in [7, 11) is 3.24. The fourth-order valence-electron chi connectivity index (χ4n) is 7.82. The minimum Gasteiger partial charge on any atom is -0.497 e. The number of ether oxygens (including phenoxy) is 2. The summed E-state index contributed by atoms with van der Waals surface area (Å²) in [4.78, 5) is 35.5. The van der Waals surface area contributed by atoms with Gasteiger partial charge in [0.25, 0.3) is 0 Å². The Bertz CT molecular complexity index is 1990. The van der Waals surface area contributed by atoms with E-state index >= 15 is 9.59 Å². The Hall–Kier alpha value is -6.14. The fraction of sp³-hybridized carbons (Fsp3) is 0.0952. The minimum atomic E-state index is -1.51. The van der Waals surface area contributed by atoms with Crippen LogP contribution in [0.5, 0.6) is 11.5 Å². The molecule has 6 aromatic rings. The molecule has 0 unspecified atom stereocenters. The Labute approximate surface area is 279 Å². The molecule has 48 heavy (non-hydrogen) atoms. The van der Waals surface area contributed by atoms with Crippen LogP contribution >= 0.6 is 0 Å². The van der Waals surface area contributed by atoms with Crippen LogP contribution in [-0.2, 0) is 20.4 Å². The topological polar surface area (TPSA) is 59.1 Å². The van der Waals surface area contributed by atoms with Gasteiger partial charge in [-0.2, -0.15) is 0 Å². The Morgan fingerprint density at radius 2 is 0.750 bits per heavy atom. The number of rotatable bonds is 7. The van der Waals surface area contributed by atoms with Crippen molar-refractivity contribution in [3.63, 3.8) is 0 Å². The number of anilines is 4. The van der Waals surface area contributed by atoms with Gasteiger partial charge in [-0.25, -0.2) is 0 Å². The highest BCUT2D eigenvalue weighted by Crippen LogP contribution is 2.65. The zero-order valence-corrected chi connectivity index (χ0v) is 26.5. The molecule has 0 aliphatic carbocycles. The minimum absolute atomic E-state index is 0.219. The summed E-state index contributed by atoms with van der Waals surface area (Å²) in [5.74, 6) is 0.930. The molecule has 234 valence electrons. The number of carbonyl (C=O) groups excluding carboxylic acids is 2. The van der Waals surface area contributed by atoms with Gasteiger partial charge >= 0.3 is 0 Å². The SMILES string of the molecule is COc1ccc(N2C(=O)[C@@](c3ccccc3)([C@@]3(c4ccccc4)C(=O)N(c4ccc(OC)cc4)c4ccccc43)c3ccccc32)cc1. The van der Waals surface area contributed by atoms with E-state index in [1.807, 2.05) is 158 Å². The highest BCUT2D eigenvalue weighted by atomic mass is 16.5. The number of nitrogens with zero attached hydrogens (tertiary/aromatic N) is 2. The van der Waals surface area contributed by atoms with Gasteiger partial charge in [-0.3, -0.25) is 19.4 Å². The lowest BCUT2D eigenvalue weighted by atomic mass is 9.52. The second-order valence-corrected chi connectivity index (χ2v) is 11.9. The van der Waals surface area contributed by atoms with Crippen molar-refractivity contribution in [3.8, 4) is 11.5 Å². The average molecular weight is 629 g/mol. The maximum Gasteiger partial charge on any atom is 0.248 e. The first-order valence-corrected chi connectivity index (χ1v) is 15.8. The zero-order chi connectivity index (χ0) is 32.9. The van der Waals surface area contributed by atoms with Crippen LogP contribution in [0.2, 0.25) is 0 Å². The molecule has 0 radical (unpaired) electrons. The van der Waals surface area contributed by atoms with Crippen molar-refractivity contribution in [1.29, 1.82) is 0 Å². The lowest BCUT2D eigenvalue weighted by Gasteiger charge is -2.45. The standard InChI is InChI=1S/C42H32N2O4/c1-47-33-25-21-31(22-26-33)43-37-19-11-9-17-35(37)41(39(43)45,29-13-5-3-6-14-29)42(30-15-7-4-8-16-30)36-18-10-12-20-38(36)44(40(42)46)32-23-27-34(48-2)28-24-32/h3-28H,1-2H3/t41-,42+. The molecular formula is C42H32N2O4. The van der Waals surface area contributed by atoms with Gasteiger partial charge < -0.3 is 9.47 Å². The van der Waals surface area contributed by atoms with Crippen LogP contribution in [0.4, 0.5) is 22.7 Å². The smallest absolute Gasteiger partial charge is 0.248 e. The number of para-hydroxylation sites is 2. The summed E-state index contributed by atoms with van der Waals surface area (Å²) in [6, 6.07) is 50.2. The third-order valence-corrected chi connectivity index (χ3v) is 9.78. The van der Waals surface area contributed by atoms with Crippen LogP contribution in [0.3, 0.4) is 0 Å². The van der Waals surface area contributed by atoms with Gasteiger partial charge in [0.2, 0.25) is 11.8 Å². The molecule has 6 nitrogen and oxygen atoms in total. The van der Waals surface area contributed by atoms with Gasteiger partial charge in [-0.1, -0.05) is 97.1 Å². The van der Waals surface area contributed by atoms with E-state index in [9.17, 15) is 0 Å². The number of benzene rings is 6. The second-order valence-electron chi connectivity index (χ2n) is 11.9. The molecule has 2 aliphatic heterocycles. The van der Waals surface area contributed by atoms with E-state index in [4.69, 9.17) is 9.47 Å². The lowest BCUT2D eigenvalue weighted by Crippen LogP contribution is -2.60. The van der Waals surface area contributed by atoms with Crippen molar-refractivity contribution in [3.05, 3.63) is 180 Å². The normalized spacial score (nSPS) is 19.6. The molecule has 0 fully saturated rings. The van der Waals surface area contributed by atoms with Crippen LogP contribution in [0.15, 0.2) is 158 Å². The van der Waals surface area contributed by atoms with Crippen LogP contribution in [0.25, 0.3) is 0 Å². The maximum atomic E-state index is 16.0. The Morgan fingerprint density at radius 1 is 0.417 bits per heavy atom. The summed E-state index contributed by atoms with van der Waals surface area (Å²) in [6.45, 7) is 0. The van der Waals surface area contributed by atoms with Crippen molar-refractivity contribution in [2.75, 3.05) is 24.0 Å². The van der Waals surface area contributed by atoms with Crippen LogP contribution in [-0.4, -0.2) is 26.0 Å². The quantitative estimate of drug-likeness (QED) is 0.178. The fourth-order valence-corrected chi connectivity index (χ4v) is 7.82. The van der Waals surface area contributed by atoms with E-state index in [1.54, 1.807) is 24.0 Å². The molecule has 0 saturated carbocycles. The molecule has 6 heteroatoms. The van der Waals surface area contributed by atoms with E-state index in [0.29, 0.717) is 22.9 Å². The molecule has 8 rings (SSSR count). The van der Waals surface area contributed by atoms with Crippen molar-refractivity contribution in [2.45, 2.75) is 10.8 Å². The number of hydrogen-bond donors (Lipinski definition) is 0. The molecule has 2 heterocycles. The van der Waals surface area contributed by atoms with E-state index in [1.165, 1.54) is 0 Å². The van der Waals surface area contributed by atoms with E-state index in [-0.39, 0.29) is 11.8 Å². The lowest BCUT2D eigenvalue weighted by molar-refractivity contribution is -0.130. The van der Waals surface area contributed by atoms with E-state index < -0.39 is 10.8 Å². The maximum absolute atomic E-state index is 16.0. The van der Waals surface area contributed by atoms with Gasteiger partial charge in [0.15, 0.2) is 0 Å². The zero-order valence-electron chi connectivity index (χ0n) is 26.5. The summed E-state index contributed by atoms with van der Waals surface area (Å²) in [6.07, 6.45) is 0. The summed E-state index contributed by atoms with van der Waals surface area (Å²) < 4.78 is 10.9. The summed E-state index contributed by atoms with van der Waals surface area (Å²) >= 11 is 0. The molecule has 0 saturated heterocycles. The van der Waals surface area contributed by atoms with Gasteiger partial charge in [-0.05, 0) is 82.9 Å². The van der Waals surface area contributed by atoms with Gasteiger partial charge in [0.05, 0.1) is 25.6 Å². The third kappa shape index (κ3) is 3.86. The van der Waals surface area contributed by atoms with Crippen LogP contribution < -0.4 is 19.3 Å². The first kappa shape index (κ1) is 29.3. The molecule has 2 amide bonds. The molecule has 2 atom stereocenters. The van der Waals surface area contributed by atoms with Crippen molar-refractivity contribution in [2.24, 2.45) is 0 Å². The van der Waals surface area contributed by atoms with Gasteiger partial charge in [0, 0.05) is 11.4 Å². The molecular weight excluding hydrogens is 596 g/mol. The first-order chi connectivity index (χ1) is 23.6. The first-order valence-electron chi connectivity index (χ1n) is 15.8. The third-order valence-electron chi connectivity index (χ3n) is 9.78. The highest BCUT2D eigenvalue weighted by Gasteiger charge is 2.72. The monoisotopic (exact) mass is 628 g/mol. The highest BCUT2D eigenvalue weighted by molar-refractivity contribution is 6.25. The number of hydrogen-bond acceptors (Lipinski definition) is 4. The average Bonchev–Trinajstić information content (AvgIpc) is 3.58. The number of fused-ring (bicyclic) bond motifs is 2. The Morgan fingerprint density at radius 3 is 1.10 bits per heavy atom.